The number of carboxylic acids is 2. The Morgan fingerprint density at radius 3 is 2.40 bits per heavy atom. The number of amides is 2. The molecule has 1 aromatic rings. The number of aliphatic carboxylic acids is 2. The van der Waals surface area contributed by atoms with E-state index in [4.69, 9.17) is 20.7 Å². The molecule has 1 aliphatic carbocycles. The summed E-state index contributed by atoms with van der Waals surface area (Å²) in [5, 5.41) is 17.9. The van der Waals surface area contributed by atoms with E-state index in [0.29, 0.717) is 5.75 Å². The maximum atomic E-state index is 12.1. The minimum absolute atomic E-state index is 0.212. The molecule has 0 aliphatic heterocycles. The summed E-state index contributed by atoms with van der Waals surface area (Å²) in [4.78, 5) is 46.0. The molecule has 1 aliphatic rings. The largest absolute Gasteiger partial charge is 0.497 e. The summed E-state index contributed by atoms with van der Waals surface area (Å²) >= 11 is 0. The molecular weight excluding hydrogens is 334 g/mol. The number of benzene rings is 1. The standard InChI is InChI=1S/C15H17N3O7/c1-25-7-4-2-3-6(5-7)12(19)17-18-13(20)9-8(10(9)14(21)22)11(16)15(23)24/h2-5,8-11H,16H2,1H3,(H,17,19)(H,18,20)(H,21,22)(H,23,24)/t8-,9+,10+,11?/m0/s1. The lowest BCUT2D eigenvalue weighted by atomic mass is 10.1. The summed E-state index contributed by atoms with van der Waals surface area (Å²) < 4.78 is 4.98. The van der Waals surface area contributed by atoms with Crippen molar-refractivity contribution in [3.05, 3.63) is 29.8 Å². The van der Waals surface area contributed by atoms with Crippen molar-refractivity contribution in [3.8, 4) is 5.75 Å². The van der Waals surface area contributed by atoms with Crippen LogP contribution in [-0.4, -0.2) is 47.1 Å². The topological polar surface area (TPSA) is 168 Å². The minimum atomic E-state index is -1.48. The van der Waals surface area contributed by atoms with E-state index in [-0.39, 0.29) is 5.56 Å². The fourth-order valence-corrected chi connectivity index (χ4v) is 2.64. The lowest BCUT2D eigenvalue weighted by Crippen LogP contribution is -2.43. The van der Waals surface area contributed by atoms with E-state index in [1.165, 1.54) is 19.2 Å². The summed E-state index contributed by atoms with van der Waals surface area (Å²) in [6, 6.07) is 4.67. The van der Waals surface area contributed by atoms with Crippen LogP contribution in [0.1, 0.15) is 10.4 Å². The van der Waals surface area contributed by atoms with E-state index in [1.54, 1.807) is 12.1 Å². The molecule has 1 aromatic carbocycles. The number of nitrogens with two attached hydrogens (primary N) is 1. The zero-order valence-electron chi connectivity index (χ0n) is 13.1. The number of methoxy groups -OCH3 is 1. The van der Waals surface area contributed by atoms with Crippen LogP contribution in [0.2, 0.25) is 0 Å². The summed E-state index contributed by atoms with van der Waals surface area (Å²) in [6.45, 7) is 0. The molecule has 2 rings (SSSR count). The van der Waals surface area contributed by atoms with Crippen LogP contribution >= 0.6 is 0 Å². The zero-order chi connectivity index (χ0) is 18.7. The number of hydrogen-bond donors (Lipinski definition) is 5. The van der Waals surface area contributed by atoms with Gasteiger partial charge in [0.2, 0.25) is 5.91 Å². The second kappa shape index (κ2) is 7.18. The number of hydrogen-bond acceptors (Lipinski definition) is 6. The molecule has 10 nitrogen and oxygen atoms in total. The van der Waals surface area contributed by atoms with E-state index >= 15 is 0 Å². The fourth-order valence-electron chi connectivity index (χ4n) is 2.64. The van der Waals surface area contributed by atoms with Crippen LogP contribution < -0.4 is 21.3 Å². The van der Waals surface area contributed by atoms with Crippen molar-refractivity contribution in [1.29, 1.82) is 0 Å². The molecule has 1 fully saturated rings. The van der Waals surface area contributed by atoms with Gasteiger partial charge in [0, 0.05) is 11.5 Å². The first kappa shape index (κ1) is 18.2. The highest BCUT2D eigenvalue weighted by Crippen LogP contribution is 2.48. The zero-order valence-corrected chi connectivity index (χ0v) is 13.1. The van der Waals surface area contributed by atoms with Gasteiger partial charge in [-0.15, -0.1) is 0 Å². The molecule has 25 heavy (non-hydrogen) atoms. The molecule has 0 radical (unpaired) electrons. The molecule has 1 unspecified atom stereocenters. The Morgan fingerprint density at radius 1 is 1.16 bits per heavy atom. The van der Waals surface area contributed by atoms with Gasteiger partial charge in [0.25, 0.3) is 5.91 Å². The van der Waals surface area contributed by atoms with Crippen LogP contribution in [0.3, 0.4) is 0 Å². The van der Waals surface area contributed by atoms with Gasteiger partial charge in [-0.3, -0.25) is 30.0 Å². The first-order chi connectivity index (χ1) is 11.8. The van der Waals surface area contributed by atoms with Gasteiger partial charge in [0.05, 0.1) is 18.9 Å². The molecule has 4 atom stereocenters. The third kappa shape index (κ3) is 3.86. The fraction of sp³-hybridized carbons (Fsp3) is 0.333. The highest BCUT2D eigenvalue weighted by molar-refractivity contribution is 5.97. The van der Waals surface area contributed by atoms with Crippen molar-refractivity contribution in [2.75, 3.05) is 7.11 Å². The van der Waals surface area contributed by atoms with Gasteiger partial charge in [0.15, 0.2) is 0 Å². The Labute approximate surface area is 141 Å². The maximum Gasteiger partial charge on any atom is 0.320 e. The van der Waals surface area contributed by atoms with Crippen LogP contribution in [0.25, 0.3) is 0 Å². The highest BCUT2D eigenvalue weighted by atomic mass is 16.5. The van der Waals surface area contributed by atoms with Crippen LogP contribution in [0.5, 0.6) is 5.75 Å². The van der Waals surface area contributed by atoms with Crippen molar-refractivity contribution in [2.45, 2.75) is 6.04 Å². The van der Waals surface area contributed by atoms with Gasteiger partial charge < -0.3 is 20.7 Å². The molecule has 1 saturated carbocycles. The molecule has 10 heteroatoms. The molecule has 134 valence electrons. The highest BCUT2D eigenvalue weighted by Gasteiger charge is 2.63. The number of rotatable bonds is 6. The molecule has 0 saturated heterocycles. The number of nitrogens with one attached hydrogen (secondary N) is 2. The second-order valence-electron chi connectivity index (χ2n) is 5.51. The molecule has 2 amide bonds. The normalized spacial score (nSPS) is 22.4. The van der Waals surface area contributed by atoms with Crippen molar-refractivity contribution in [3.63, 3.8) is 0 Å². The first-order valence-corrected chi connectivity index (χ1v) is 7.23. The Hall–Kier alpha value is -3.14. The Balaban J connectivity index is 1.98. The smallest absolute Gasteiger partial charge is 0.320 e. The monoisotopic (exact) mass is 351 g/mol. The Morgan fingerprint density at radius 2 is 1.84 bits per heavy atom. The summed E-state index contributed by atoms with van der Waals surface area (Å²) in [6.07, 6.45) is 0. The van der Waals surface area contributed by atoms with Crippen LogP contribution in [0.4, 0.5) is 0 Å². The van der Waals surface area contributed by atoms with Gasteiger partial charge in [-0.1, -0.05) is 6.07 Å². The van der Waals surface area contributed by atoms with Gasteiger partial charge >= 0.3 is 11.9 Å². The number of carbonyl (C=O) groups excluding carboxylic acids is 2. The summed E-state index contributed by atoms with van der Waals surface area (Å²) in [5.74, 6) is -7.10. The van der Waals surface area contributed by atoms with Crippen molar-refractivity contribution >= 4 is 23.8 Å². The molecule has 0 spiro atoms. The van der Waals surface area contributed by atoms with E-state index in [9.17, 15) is 19.2 Å². The number of hydrazine groups is 1. The molecule has 0 aromatic heterocycles. The quantitative estimate of drug-likeness (QED) is 0.399. The number of carbonyl (C=O) groups is 4. The first-order valence-electron chi connectivity index (χ1n) is 7.23. The average Bonchev–Trinajstić information content (AvgIpc) is 3.34. The third-order valence-electron chi connectivity index (χ3n) is 3.99. The second-order valence-corrected chi connectivity index (χ2v) is 5.51. The van der Waals surface area contributed by atoms with E-state index in [0.717, 1.165) is 0 Å². The Kier molecular flexibility index (Phi) is 5.22. The number of carboxylic acid groups (broad SMARTS) is 2. The summed E-state index contributed by atoms with van der Waals surface area (Å²) in [7, 11) is 1.43. The molecule has 6 N–H and O–H groups in total. The van der Waals surface area contributed by atoms with E-state index < -0.39 is 47.5 Å². The number of ether oxygens (including phenoxy) is 1. The average molecular weight is 351 g/mol. The lowest BCUT2D eigenvalue weighted by Gasteiger charge is -2.09. The molecule has 0 bridgehead atoms. The van der Waals surface area contributed by atoms with Crippen molar-refractivity contribution in [2.24, 2.45) is 23.5 Å². The predicted octanol–water partition coefficient (Wildman–Crippen LogP) is -1.19. The van der Waals surface area contributed by atoms with Crippen molar-refractivity contribution < 1.29 is 34.1 Å². The lowest BCUT2D eigenvalue weighted by molar-refractivity contribution is -0.141. The van der Waals surface area contributed by atoms with Crippen LogP contribution in [-0.2, 0) is 14.4 Å². The predicted molar refractivity (Wildman–Crippen MR) is 82.3 cm³/mol. The van der Waals surface area contributed by atoms with Crippen LogP contribution in [0, 0.1) is 17.8 Å². The summed E-state index contributed by atoms with van der Waals surface area (Å²) in [5.41, 5.74) is 9.87. The Bertz CT molecular complexity index is 721. The van der Waals surface area contributed by atoms with E-state index in [2.05, 4.69) is 10.9 Å². The van der Waals surface area contributed by atoms with Crippen molar-refractivity contribution in [1.82, 2.24) is 10.9 Å². The van der Waals surface area contributed by atoms with Gasteiger partial charge in [-0.05, 0) is 18.2 Å². The van der Waals surface area contributed by atoms with Crippen LogP contribution in [0.15, 0.2) is 24.3 Å². The van der Waals surface area contributed by atoms with Gasteiger partial charge in [-0.2, -0.15) is 0 Å². The van der Waals surface area contributed by atoms with Gasteiger partial charge in [-0.25, -0.2) is 0 Å². The third-order valence-corrected chi connectivity index (χ3v) is 3.99. The SMILES string of the molecule is COc1cccc(C(=O)NNC(=O)[C@H]2[C@H](C(=O)O)[C@H]2C(N)C(=O)O)c1. The molecule has 0 heterocycles. The maximum absolute atomic E-state index is 12.1. The molecular formula is C15H17N3O7. The minimum Gasteiger partial charge on any atom is -0.497 e. The van der Waals surface area contributed by atoms with Gasteiger partial charge in [0.1, 0.15) is 11.8 Å². The van der Waals surface area contributed by atoms with E-state index in [1.807, 2.05) is 0 Å².